The molecule has 0 aromatic carbocycles. The summed E-state index contributed by atoms with van der Waals surface area (Å²) in [5.74, 6) is 0.640. The lowest BCUT2D eigenvalue weighted by Crippen LogP contribution is -2.04. The first-order valence-electron chi connectivity index (χ1n) is 4.31. The van der Waals surface area contributed by atoms with Crippen LogP contribution in [-0.4, -0.2) is 15.6 Å². The number of nitrogens with zero attached hydrogens (tertiary/aromatic N) is 2. The van der Waals surface area contributed by atoms with Gasteiger partial charge in [0.1, 0.15) is 11.5 Å². The second-order valence-electron chi connectivity index (χ2n) is 3.05. The lowest BCUT2D eigenvalue weighted by molar-refractivity contribution is 0.0981. The summed E-state index contributed by atoms with van der Waals surface area (Å²) in [5.41, 5.74) is 0.476. The summed E-state index contributed by atoms with van der Waals surface area (Å²) in [7, 11) is 1.78. The highest BCUT2D eigenvalue weighted by molar-refractivity contribution is 5.95. The normalized spacial score (nSPS) is 10.4. The van der Waals surface area contributed by atoms with E-state index in [9.17, 15) is 4.79 Å². The van der Waals surface area contributed by atoms with Gasteiger partial charge in [0.15, 0.2) is 5.78 Å². The molecule has 0 saturated carbocycles. The average molecular weight is 190 g/mol. The van der Waals surface area contributed by atoms with Crippen molar-refractivity contribution in [2.24, 2.45) is 7.05 Å². The van der Waals surface area contributed by atoms with E-state index in [0.29, 0.717) is 11.5 Å². The van der Waals surface area contributed by atoms with Gasteiger partial charge in [-0.05, 0) is 18.2 Å². The molecule has 0 aliphatic heterocycles. The molecule has 2 rings (SSSR count). The first-order chi connectivity index (χ1) is 6.75. The Labute approximate surface area is 81.1 Å². The second kappa shape index (κ2) is 3.49. The molecule has 4 heteroatoms. The summed E-state index contributed by atoms with van der Waals surface area (Å²) in [5, 5.41) is 4.02. The number of carbonyl (C=O) groups excluding carboxylic acids is 1. The highest BCUT2D eigenvalue weighted by Gasteiger charge is 2.10. The van der Waals surface area contributed by atoms with Crippen LogP contribution in [0.25, 0.3) is 0 Å². The maximum Gasteiger partial charge on any atom is 0.190 e. The molecular formula is C10H10N2O2. The van der Waals surface area contributed by atoms with Gasteiger partial charge in [-0.1, -0.05) is 0 Å². The van der Waals surface area contributed by atoms with Gasteiger partial charge in [-0.2, -0.15) is 5.10 Å². The minimum Gasteiger partial charge on any atom is -0.469 e. The quantitative estimate of drug-likeness (QED) is 0.688. The molecule has 14 heavy (non-hydrogen) atoms. The number of rotatable bonds is 3. The van der Waals surface area contributed by atoms with Crippen LogP contribution in [0.4, 0.5) is 0 Å². The van der Waals surface area contributed by atoms with Gasteiger partial charge in [0, 0.05) is 13.2 Å². The zero-order valence-electron chi connectivity index (χ0n) is 7.80. The summed E-state index contributed by atoms with van der Waals surface area (Å²) in [6.45, 7) is 0. The van der Waals surface area contributed by atoms with E-state index in [4.69, 9.17) is 4.42 Å². The Balaban J connectivity index is 2.10. The van der Waals surface area contributed by atoms with Crippen LogP contribution >= 0.6 is 0 Å². The molecule has 0 amide bonds. The van der Waals surface area contributed by atoms with Crippen LogP contribution in [0.15, 0.2) is 35.1 Å². The fraction of sp³-hybridized carbons (Fsp3) is 0.200. The number of aromatic nitrogens is 2. The second-order valence-corrected chi connectivity index (χ2v) is 3.05. The molecule has 2 heterocycles. The molecule has 72 valence electrons. The number of Topliss-reactive ketones (excluding diaryl/α,β-unsaturated/α-hetero) is 1. The largest absolute Gasteiger partial charge is 0.469 e. The van der Waals surface area contributed by atoms with E-state index in [1.165, 1.54) is 0 Å². The van der Waals surface area contributed by atoms with Crippen LogP contribution in [0, 0.1) is 0 Å². The summed E-state index contributed by atoms with van der Waals surface area (Å²) < 4.78 is 6.68. The first-order valence-corrected chi connectivity index (χ1v) is 4.31. The number of furan rings is 1. The Kier molecular flexibility index (Phi) is 2.18. The van der Waals surface area contributed by atoms with Crippen LogP contribution in [-0.2, 0) is 13.5 Å². The standard InChI is InChI=1S/C10H10N2O2/c1-12-5-4-9(11-12)10(13)7-8-3-2-6-14-8/h2-6H,7H2,1H3. The molecule has 0 saturated heterocycles. The van der Waals surface area contributed by atoms with Crippen LogP contribution in [0.1, 0.15) is 16.2 Å². The Hall–Kier alpha value is -1.84. The summed E-state index contributed by atoms with van der Waals surface area (Å²) in [6, 6.07) is 5.24. The third-order valence-corrected chi connectivity index (χ3v) is 1.91. The van der Waals surface area contributed by atoms with E-state index >= 15 is 0 Å². The molecule has 0 N–H and O–H groups in total. The summed E-state index contributed by atoms with van der Waals surface area (Å²) in [4.78, 5) is 11.6. The Morgan fingerprint density at radius 1 is 1.57 bits per heavy atom. The molecule has 0 radical (unpaired) electrons. The van der Waals surface area contributed by atoms with Crippen LogP contribution in [0.5, 0.6) is 0 Å². The molecule has 0 atom stereocenters. The maximum absolute atomic E-state index is 11.6. The molecular weight excluding hydrogens is 180 g/mol. The topological polar surface area (TPSA) is 48.0 Å². The Morgan fingerprint density at radius 3 is 3.00 bits per heavy atom. The van der Waals surface area contributed by atoms with Crippen LogP contribution in [0.3, 0.4) is 0 Å². The monoisotopic (exact) mass is 190 g/mol. The van der Waals surface area contributed by atoms with Crippen molar-refractivity contribution >= 4 is 5.78 Å². The third-order valence-electron chi connectivity index (χ3n) is 1.91. The third kappa shape index (κ3) is 1.74. The lowest BCUT2D eigenvalue weighted by Gasteiger charge is -1.93. The van der Waals surface area contributed by atoms with Gasteiger partial charge < -0.3 is 4.42 Å². The molecule has 0 unspecified atom stereocenters. The van der Waals surface area contributed by atoms with Crippen LogP contribution < -0.4 is 0 Å². The van der Waals surface area contributed by atoms with E-state index in [0.717, 1.165) is 0 Å². The van der Waals surface area contributed by atoms with E-state index in [2.05, 4.69) is 5.10 Å². The zero-order chi connectivity index (χ0) is 9.97. The van der Waals surface area contributed by atoms with Crippen molar-refractivity contribution in [2.75, 3.05) is 0 Å². The minimum absolute atomic E-state index is 0.0273. The zero-order valence-corrected chi connectivity index (χ0v) is 7.80. The van der Waals surface area contributed by atoms with Crippen molar-refractivity contribution in [1.82, 2.24) is 9.78 Å². The summed E-state index contributed by atoms with van der Waals surface area (Å²) in [6.07, 6.45) is 3.57. The van der Waals surface area contributed by atoms with Gasteiger partial charge >= 0.3 is 0 Å². The first kappa shape index (κ1) is 8.74. The maximum atomic E-state index is 11.6. The Morgan fingerprint density at radius 2 is 2.43 bits per heavy atom. The molecule has 2 aromatic heterocycles. The van der Waals surface area contributed by atoms with E-state index < -0.39 is 0 Å². The number of hydrogen-bond donors (Lipinski definition) is 0. The fourth-order valence-electron chi connectivity index (χ4n) is 1.23. The lowest BCUT2D eigenvalue weighted by atomic mass is 10.2. The van der Waals surface area contributed by atoms with Crippen molar-refractivity contribution < 1.29 is 9.21 Å². The molecule has 0 spiro atoms. The van der Waals surface area contributed by atoms with E-state index in [1.54, 1.807) is 42.4 Å². The fourth-order valence-corrected chi connectivity index (χ4v) is 1.23. The van der Waals surface area contributed by atoms with Gasteiger partial charge in [0.2, 0.25) is 0 Å². The van der Waals surface area contributed by atoms with Crippen LogP contribution in [0.2, 0.25) is 0 Å². The molecule has 0 aliphatic rings. The van der Waals surface area contributed by atoms with Gasteiger partial charge in [-0.15, -0.1) is 0 Å². The minimum atomic E-state index is -0.0273. The highest BCUT2D eigenvalue weighted by atomic mass is 16.3. The van der Waals surface area contributed by atoms with Crippen molar-refractivity contribution in [3.63, 3.8) is 0 Å². The van der Waals surface area contributed by atoms with Crippen molar-refractivity contribution in [3.8, 4) is 0 Å². The molecule has 0 fully saturated rings. The SMILES string of the molecule is Cn1ccc(C(=O)Cc2ccco2)n1. The highest BCUT2D eigenvalue weighted by Crippen LogP contribution is 2.05. The Bertz CT molecular complexity index is 429. The average Bonchev–Trinajstić information content (AvgIpc) is 2.75. The molecule has 0 aliphatic carbocycles. The predicted octanol–water partition coefficient (Wildman–Crippen LogP) is 1.44. The van der Waals surface area contributed by atoms with Gasteiger partial charge in [0.25, 0.3) is 0 Å². The molecule has 4 nitrogen and oxygen atoms in total. The van der Waals surface area contributed by atoms with E-state index in [1.807, 2.05) is 0 Å². The van der Waals surface area contributed by atoms with E-state index in [-0.39, 0.29) is 12.2 Å². The van der Waals surface area contributed by atoms with Crippen molar-refractivity contribution in [3.05, 3.63) is 42.1 Å². The molecule has 0 bridgehead atoms. The van der Waals surface area contributed by atoms with Crippen molar-refractivity contribution in [2.45, 2.75) is 6.42 Å². The number of aryl methyl sites for hydroxylation is 1. The van der Waals surface area contributed by atoms with Crippen molar-refractivity contribution in [1.29, 1.82) is 0 Å². The number of ketones is 1. The molecule has 2 aromatic rings. The van der Waals surface area contributed by atoms with Gasteiger partial charge in [0.05, 0.1) is 12.7 Å². The van der Waals surface area contributed by atoms with Gasteiger partial charge in [-0.3, -0.25) is 9.48 Å². The smallest absolute Gasteiger partial charge is 0.190 e. The number of hydrogen-bond acceptors (Lipinski definition) is 3. The predicted molar refractivity (Wildman–Crippen MR) is 50.0 cm³/mol. The van der Waals surface area contributed by atoms with Gasteiger partial charge in [-0.25, -0.2) is 0 Å². The summed E-state index contributed by atoms with van der Waals surface area (Å²) >= 11 is 0. The number of carbonyl (C=O) groups is 1.